The molecule has 1 aliphatic heterocycles. The van der Waals surface area contributed by atoms with E-state index in [0.717, 1.165) is 25.8 Å². The number of thiocarbonyl (C=S) groups is 1. The van der Waals surface area contributed by atoms with Crippen LogP contribution in [0, 0.1) is 0 Å². The lowest BCUT2D eigenvalue weighted by Gasteiger charge is -2.16. The Labute approximate surface area is 214 Å². The number of carbonyl (C=O) groups excluding carboxylic acids is 1. The van der Waals surface area contributed by atoms with Crippen molar-refractivity contribution >= 4 is 66.9 Å². The van der Waals surface area contributed by atoms with Gasteiger partial charge in [-0.05, 0) is 81.7 Å². The third kappa shape index (κ3) is 4.98. The molecule has 0 radical (unpaired) electrons. The summed E-state index contributed by atoms with van der Waals surface area (Å²) in [5, 5.41) is 0.429. The van der Waals surface area contributed by atoms with Crippen LogP contribution < -0.4 is 14.4 Å². The number of benzene rings is 3. The molecule has 33 heavy (non-hydrogen) atoms. The summed E-state index contributed by atoms with van der Waals surface area (Å²) in [5.41, 5.74) is 3.02. The smallest absolute Gasteiger partial charge is 0.281 e. The summed E-state index contributed by atoms with van der Waals surface area (Å²) in [4.78, 5) is 16.4. The monoisotopic (exact) mass is 586 g/mol. The fraction of sp³-hybridized carbons (Fsp3) is 0.120. The maximum atomic E-state index is 13.2. The van der Waals surface area contributed by atoms with E-state index in [0.29, 0.717) is 28.9 Å². The minimum Gasteiger partial charge on any atom is -0.493 e. The van der Waals surface area contributed by atoms with Crippen LogP contribution in [-0.2, 0) is 11.4 Å². The van der Waals surface area contributed by atoms with Crippen molar-refractivity contribution in [2.45, 2.75) is 6.61 Å². The maximum absolute atomic E-state index is 13.2. The minimum absolute atomic E-state index is 0.181. The third-order valence-corrected chi connectivity index (χ3v) is 6.70. The van der Waals surface area contributed by atoms with Crippen molar-refractivity contribution in [3.63, 3.8) is 0 Å². The maximum Gasteiger partial charge on any atom is 0.281 e. The van der Waals surface area contributed by atoms with Gasteiger partial charge in [-0.1, -0.05) is 46.3 Å². The number of para-hydroxylation sites is 1. The van der Waals surface area contributed by atoms with Gasteiger partial charge in [-0.3, -0.25) is 9.69 Å². The van der Waals surface area contributed by atoms with Crippen LogP contribution in [0.25, 0.3) is 6.08 Å². The second kappa shape index (κ2) is 10.1. The predicted octanol–water partition coefficient (Wildman–Crippen LogP) is 6.40. The van der Waals surface area contributed by atoms with Crippen molar-refractivity contribution in [3.05, 3.63) is 92.5 Å². The molecule has 0 aromatic heterocycles. The molecule has 0 saturated carbocycles. The third-order valence-electron chi connectivity index (χ3n) is 5.13. The van der Waals surface area contributed by atoms with Gasteiger partial charge in [0.2, 0.25) is 0 Å². The molecule has 5 nitrogen and oxygen atoms in total. The quantitative estimate of drug-likeness (QED) is 0.246. The van der Waals surface area contributed by atoms with Crippen LogP contribution in [0.3, 0.4) is 0 Å². The molecule has 3 aromatic carbocycles. The van der Waals surface area contributed by atoms with Gasteiger partial charge in [-0.25, -0.2) is 0 Å². The first-order valence-electron chi connectivity index (χ1n) is 10.0. The number of anilines is 1. The molecule has 0 bridgehead atoms. The molecule has 1 amide bonds. The molecule has 168 valence electrons. The van der Waals surface area contributed by atoms with Crippen molar-refractivity contribution < 1.29 is 14.3 Å². The Balaban J connectivity index is 1.61. The minimum atomic E-state index is -0.181. The van der Waals surface area contributed by atoms with Crippen molar-refractivity contribution in [3.8, 4) is 11.5 Å². The lowest BCUT2D eigenvalue weighted by atomic mass is 10.1. The van der Waals surface area contributed by atoms with Gasteiger partial charge >= 0.3 is 0 Å². The van der Waals surface area contributed by atoms with E-state index in [9.17, 15) is 4.79 Å². The molecule has 0 N–H and O–H groups in total. The fourth-order valence-corrected chi connectivity index (χ4v) is 4.54. The molecule has 0 aliphatic carbocycles. The zero-order valence-electron chi connectivity index (χ0n) is 17.9. The highest BCUT2D eigenvalue weighted by molar-refractivity contribution is 9.10. The van der Waals surface area contributed by atoms with E-state index in [4.69, 9.17) is 21.7 Å². The number of likely N-dealkylation sites (N-methyl/N-ethyl adjacent to an activating group) is 1. The van der Waals surface area contributed by atoms with E-state index < -0.39 is 0 Å². The molecular weight excluding hydrogens is 568 g/mol. The summed E-state index contributed by atoms with van der Waals surface area (Å²) in [6, 6.07) is 21.0. The normalized spacial score (nSPS) is 14.8. The van der Waals surface area contributed by atoms with Crippen LogP contribution in [0.1, 0.15) is 11.1 Å². The Kier molecular flexibility index (Phi) is 7.17. The first-order chi connectivity index (χ1) is 15.9. The Bertz CT molecular complexity index is 1230. The average Bonchev–Trinajstić information content (AvgIpc) is 3.02. The van der Waals surface area contributed by atoms with Gasteiger partial charge in [-0.2, -0.15) is 0 Å². The number of amides is 1. The van der Waals surface area contributed by atoms with E-state index in [2.05, 4.69) is 31.9 Å². The average molecular weight is 588 g/mol. The summed E-state index contributed by atoms with van der Waals surface area (Å²) in [5.74, 6) is 0.971. The lowest BCUT2D eigenvalue weighted by molar-refractivity contribution is -0.114. The summed E-state index contributed by atoms with van der Waals surface area (Å²) in [6.45, 7) is 0.393. The van der Waals surface area contributed by atoms with Gasteiger partial charge in [0, 0.05) is 11.5 Å². The molecule has 0 unspecified atom stereocenters. The van der Waals surface area contributed by atoms with Gasteiger partial charge in [0.1, 0.15) is 12.3 Å². The molecule has 4 rings (SSSR count). The largest absolute Gasteiger partial charge is 0.493 e. The van der Waals surface area contributed by atoms with Gasteiger partial charge in [-0.15, -0.1) is 0 Å². The number of nitrogens with zero attached hydrogens (tertiary/aromatic N) is 2. The number of methoxy groups -OCH3 is 1. The first-order valence-corrected chi connectivity index (χ1v) is 12.0. The molecular formula is C25H20Br2N2O3S. The number of halogens is 2. The molecule has 0 atom stereocenters. The predicted molar refractivity (Wildman–Crippen MR) is 141 cm³/mol. The van der Waals surface area contributed by atoms with Crippen LogP contribution >= 0.6 is 44.1 Å². The Morgan fingerprint density at radius 2 is 1.73 bits per heavy atom. The number of hydrogen-bond acceptors (Lipinski definition) is 4. The number of ether oxygens (including phenoxy) is 2. The SMILES string of the molecule is COc1cc(/C=C2/C(=O)N(c3ccccc3)C(=S)N2C)cc(Br)c1OCc1ccc(Br)cc1. The van der Waals surface area contributed by atoms with Crippen molar-refractivity contribution in [2.24, 2.45) is 0 Å². The second-order valence-electron chi connectivity index (χ2n) is 7.30. The fourth-order valence-electron chi connectivity index (χ4n) is 3.42. The van der Waals surface area contributed by atoms with Gasteiger partial charge in [0.05, 0.1) is 17.3 Å². The standard InChI is InChI=1S/C25H20Br2N2O3S/c1-28-21(24(30)29(25(28)33)19-6-4-3-5-7-19)13-17-12-20(27)23(22(14-17)31-2)32-15-16-8-10-18(26)11-9-16/h3-14H,15H2,1-2H3/b21-13-. The second-order valence-corrected chi connectivity index (χ2v) is 9.43. The molecule has 1 aliphatic rings. The topological polar surface area (TPSA) is 42.0 Å². The Hall–Kier alpha value is -2.68. The van der Waals surface area contributed by atoms with E-state index in [1.165, 1.54) is 4.90 Å². The number of rotatable bonds is 6. The highest BCUT2D eigenvalue weighted by atomic mass is 79.9. The van der Waals surface area contributed by atoms with Gasteiger partial charge in [0.15, 0.2) is 16.6 Å². The van der Waals surface area contributed by atoms with E-state index >= 15 is 0 Å². The summed E-state index contributed by atoms with van der Waals surface area (Å²) >= 11 is 12.6. The van der Waals surface area contributed by atoms with Gasteiger partial charge < -0.3 is 14.4 Å². The van der Waals surface area contributed by atoms with Crippen LogP contribution in [0.4, 0.5) is 5.69 Å². The summed E-state index contributed by atoms with van der Waals surface area (Å²) in [6.07, 6.45) is 1.79. The zero-order valence-corrected chi connectivity index (χ0v) is 21.9. The first kappa shape index (κ1) is 23.5. The van der Waals surface area contributed by atoms with Crippen LogP contribution in [0.2, 0.25) is 0 Å². The lowest BCUT2D eigenvalue weighted by Crippen LogP contribution is -2.30. The van der Waals surface area contributed by atoms with Crippen LogP contribution in [0.15, 0.2) is 81.4 Å². The van der Waals surface area contributed by atoms with E-state index in [1.54, 1.807) is 25.1 Å². The Morgan fingerprint density at radius 1 is 1.03 bits per heavy atom. The molecule has 1 saturated heterocycles. The van der Waals surface area contributed by atoms with Crippen LogP contribution in [0.5, 0.6) is 11.5 Å². The molecule has 3 aromatic rings. The zero-order chi connectivity index (χ0) is 23.5. The van der Waals surface area contributed by atoms with E-state index in [-0.39, 0.29) is 5.91 Å². The molecule has 0 spiro atoms. The van der Waals surface area contributed by atoms with Gasteiger partial charge in [0.25, 0.3) is 5.91 Å². The van der Waals surface area contributed by atoms with Crippen LogP contribution in [-0.4, -0.2) is 30.1 Å². The van der Waals surface area contributed by atoms with Crippen molar-refractivity contribution in [1.82, 2.24) is 4.90 Å². The molecule has 8 heteroatoms. The summed E-state index contributed by atoms with van der Waals surface area (Å²) in [7, 11) is 3.38. The highest BCUT2D eigenvalue weighted by Gasteiger charge is 2.36. The highest BCUT2D eigenvalue weighted by Crippen LogP contribution is 2.38. The van der Waals surface area contributed by atoms with Crippen molar-refractivity contribution in [1.29, 1.82) is 0 Å². The van der Waals surface area contributed by atoms with E-state index in [1.807, 2.05) is 66.7 Å². The number of carbonyl (C=O) groups is 1. The number of hydrogen-bond donors (Lipinski definition) is 0. The Morgan fingerprint density at radius 3 is 2.39 bits per heavy atom. The van der Waals surface area contributed by atoms with Crippen molar-refractivity contribution in [2.75, 3.05) is 19.1 Å². The molecule has 1 fully saturated rings. The molecule has 1 heterocycles. The summed E-state index contributed by atoms with van der Waals surface area (Å²) < 4.78 is 13.3.